The summed E-state index contributed by atoms with van der Waals surface area (Å²) < 4.78 is 0.863. The topological polar surface area (TPSA) is 78.5 Å². The third-order valence-corrected chi connectivity index (χ3v) is 9.34. The first-order valence-corrected chi connectivity index (χ1v) is 13.2. The highest BCUT2D eigenvalue weighted by Crippen LogP contribution is 2.68. The van der Waals surface area contributed by atoms with E-state index < -0.39 is 16.9 Å². The molecule has 0 unspecified atom stereocenters. The number of benzene rings is 3. The van der Waals surface area contributed by atoms with Gasteiger partial charge in [0.1, 0.15) is 11.0 Å². The normalized spacial score (nSPS) is 29.8. The number of amides is 2. The molecule has 7 rings (SSSR count). The van der Waals surface area contributed by atoms with Crippen LogP contribution in [0.1, 0.15) is 34.3 Å². The van der Waals surface area contributed by atoms with Gasteiger partial charge in [0.25, 0.3) is 5.91 Å². The molecule has 0 radical (unpaired) electrons. The number of anilines is 2. The first-order chi connectivity index (χ1) is 17.4. The quantitative estimate of drug-likeness (QED) is 0.425. The molecule has 0 aromatic heterocycles. The van der Waals surface area contributed by atoms with E-state index in [0.717, 1.165) is 17.3 Å². The van der Waals surface area contributed by atoms with E-state index in [1.807, 2.05) is 48.5 Å². The van der Waals surface area contributed by atoms with Crippen LogP contribution in [0, 0.1) is 5.92 Å². The summed E-state index contributed by atoms with van der Waals surface area (Å²) in [7, 11) is 0. The van der Waals surface area contributed by atoms with E-state index in [-0.39, 0.29) is 23.6 Å². The number of halogens is 2. The van der Waals surface area contributed by atoms with Gasteiger partial charge >= 0.3 is 0 Å². The molecule has 0 saturated carbocycles. The molecule has 2 N–H and O–H groups in total. The predicted octanol–water partition coefficient (Wildman–Crippen LogP) is 5.12. The second kappa shape index (κ2) is 7.51. The minimum atomic E-state index is -1.46. The third kappa shape index (κ3) is 2.44. The summed E-state index contributed by atoms with van der Waals surface area (Å²) in [5.74, 6) is -1.53. The Morgan fingerprint density at radius 1 is 0.944 bits per heavy atom. The van der Waals surface area contributed by atoms with Gasteiger partial charge in [0, 0.05) is 27.3 Å². The second-order valence-corrected chi connectivity index (χ2v) is 11.2. The smallest absolute Gasteiger partial charge is 0.251 e. The molecule has 4 heterocycles. The van der Waals surface area contributed by atoms with Crippen LogP contribution in [0.25, 0.3) is 0 Å². The molecule has 36 heavy (non-hydrogen) atoms. The minimum Gasteiger partial charge on any atom is -0.325 e. The van der Waals surface area contributed by atoms with Crippen LogP contribution in [0.4, 0.5) is 11.4 Å². The summed E-state index contributed by atoms with van der Waals surface area (Å²) in [6.07, 6.45) is 1.55. The highest BCUT2D eigenvalue weighted by molar-refractivity contribution is 9.10. The number of fused-ring (bicyclic) bond motifs is 7. The Balaban J connectivity index is 1.59. The van der Waals surface area contributed by atoms with Crippen molar-refractivity contribution in [2.24, 2.45) is 5.92 Å². The number of ketones is 1. The highest BCUT2D eigenvalue weighted by atomic mass is 79.9. The van der Waals surface area contributed by atoms with Crippen molar-refractivity contribution < 1.29 is 14.4 Å². The first-order valence-electron chi connectivity index (χ1n) is 12.0. The van der Waals surface area contributed by atoms with Crippen LogP contribution in [0.5, 0.6) is 0 Å². The first kappa shape index (κ1) is 22.2. The molecule has 2 fully saturated rings. The molecule has 8 heteroatoms. The number of nitrogens with zero attached hydrogens (tertiary/aromatic N) is 1. The van der Waals surface area contributed by atoms with Crippen molar-refractivity contribution in [1.29, 1.82) is 0 Å². The minimum absolute atomic E-state index is 0.133. The van der Waals surface area contributed by atoms with Gasteiger partial charge in [0.2, 0.25) is 5.91 Å². The van der Waals surface area contributed by atoms with Crippen LogP contribution in [-0.2, 0) is 20.5 Å². The Labute approximate surface area is 221 Å². The summed E-state index contributed by atoms with van der Waals surface area (Å²) in [5, 5.41) is 6.47. The van der Waals surface area contributed by atoms with Crippen LogP contribution >= 0.6 is 27.5 Å². The van der Waals surface area contributed by atoms with Gasteiger partial charge in [0.05, 0.1) is 16.6 Å². The van der Waals surface area contributed by atoms with Gasteiger partial charge in [-0.2, -0.15) is 0 Å². The molecular formula is C28H21BrClN3O3. The van der Waals surface area contributed by atoms with Gasteiger partial charge in [-0.3, -0.25) is 19.3 Å². The average molecular weight is 563 g/mol. The number of Topliss-reactive ketones (excluding diaryl/α,β-unsaturated/α-hetero) is 1. The molecule has 180 valence electrons. The van der Waals surface area contributed by atoms with E-state index in [0.29, 0.717) is 39.6 Å². The SMILES string of the molecule is O=C(c1ccc(Br)cc1)[C@@H]1[C@@H]2CCCN2[C@@]2(C(=O)Nc3c(Cl)cccc32)[C@@]12C(=O)Nc1ccccc12. The molecule has 0 bridgehead atoms. The van der Waals surface area contributed by atoms with Gasteiger partial charge in [-0.15, -0.1) is 0 Å². The van der Waals surface area contributed by atoms with Crippen LogP contribution in [0.3, 0.4) is 0 Å². The largest absolute Gasteiger partial charge is 0.325 e. The third-order valence-electron chi connectivity index (χ3n) is 8.49. The molecule has 0 aliphatic carbocycles. The van der Waals surface area contributed by atoms with Crippen molar-refractivity contribution in [3.05, 3.63) is 92.9 Å². The molecule has 4 aliphatic rings. The van der Waals surface area contributed by atoms with Crippen molar-refractivity contribution in [3.8, 4) is 0 Å². The van der Waals surface area contributed by atoms with Gasteiger partial charge in [-0.05, 0) is 49.2 Å². The second-order valence-electron chi connectivity index (χ2n) is 9.89. The fraction of sp³-hybridized carbons (Fsp3) is 0.250. The van der Waals surface area contributed by atoms with Gasteiger partial charge in [-0.1, -0.05) is 70.0 Å². The summed E-state index contributed by atoms with van der Waals surface area (Å²) in [6, 6.07) is 19.8. The summed E-state index contributed by atoms with van der Waals surface area (Å²) in [4.78, 5) is 45.3. The van der Waals surface area contributed by atoms with E-state index in [9.17, 15) is 14.4 Å². The maximum atomic E-state index is 14.5. The van der Waals surface area contributed by atoms with Crippen molar-refractivity contribution in [1.82, 2.24) is 4.90 Å². The fourth-order valence-corrected chi connectivity index (χ4v) is 7.85. The van der Waals surface area contributed by atoms with Gasteiger partial charge in [0.15, 0.2) is 5.78 Å². The van der Waals surface area contributed by atoms with Gasteiger partial charge < -0.3 is 10.6 Å². The maximum absolute atomic E-state index is 14.5. The van der Waals surface area contributed by atoms with Crippen LogP contribution in [-0.4, -0.2) is 35.1 Å². The van der Waals surface area contributed by atoms with Crippen LogP contribution in [0.15, 0.2) is 71.2 Å². The molecule has 4 atom stereocenters. The van der Waals surface area contributed by atoms with Crippen molar-refractivity contribution in [2.75, 3.05) is 17.2 Å². The molecule has 4 aliphatic heterocycles. The molecule has 2 amide bonds. The van der Waals surface area contributed by atoms with E-state index in [4.69, 9.17) is 11.6 Å². The Morgan fingerprint density at radius 3 is 2.50 bits per heavy atom. The maximum Gasteiger partial charge on any atom is 0.251 e. The Kier molecular flexibility index (Phi) is 4.63. The summed E-state index contributed by atoms with van der Waals surface area (Å²) in [6.45, 7) is 0.603. The van der Waals surface area contributed by atoms with E-state index in [1.165, 1.54) is 0 Å². The predicted molar refractivity (Wildman–Crippen MR) is 140 cm³/mol. The number of rotatable bonds is 2. The van der Waals surface area contributed by atoms with E-state index in [1.54, 1.807) is 18.2 Å². The van der Waals surface area contributed by atoms with E-state index >= 15 is 0 Å². The zero-order valence-electron chi connectivity index (χ0n) is 19.1. The Morgan fingerprint density at radius 2 is 1.69 bits per heavy atom. The van der Waals surface area contributed by atoms with Gasteiger partial charge in [-0.25, -0.2) is 0 Å². The molecule has 3 aromatic carbocycles. The highest BCUT2D eigenvalue weighted by Gasteiger charge is 2.81. The summed E-state index contributed by atoms with van der Waals surface area (Å²) in [5.41, 5.74) is 0.156. The average Bonchev–Trinajstić information content (AvgIpc) is 3.59. The zero-order valence-corrected chi connectivity index (χ0v) is 21.4. The number of carbonyl (C=O) groups is 3. The Hall–Kier alpha value is -3.00. The van der Waals surface area contributed by atoms with E-state index in [2.05, 4.69) is 31.5 Å². The lowest BCUT2D eigenvalue weighted by Gasteiger charge is -2.43. The number of carbonyl (C=O) groups excluding carboxylic acids is 3. The zero-order chi connectivity index (χ0) is 24.8. The molecule has 2 saturated heterocycles. The fourth-order valence-electron chi connectivity index (χ4n) is 7.36. The number of nitrogens with one attached hydrogen (secondary N) is 2. The molecule has 6 nitrogen and oxygen atoms in total. The van der Waals surface area contributed by atoms with Crippen LogP contribution in [0.2, 0.25) is 5.02 Å². The number of hydrogen-bond donors (Lipinski definition) is 2. The Bertz CT molecular complexity index is 1490. The lowest BCUT2D eigenvalue weighted by Crippen LogP contribution is -2.62. The molecule has 3 aromatic rings. The monoisotopic (exact) mass is 561 g/mol. The van der Waals surface area contributed by atoms with Crippen molar-refractivity contribution >= 4 is 56.5 Å². The number of hydrogen-bond acceptors (Lipinski definition) is 4. The lowest BCUT2D eigenvalue weighted by atomic mass is 9.57. The molecule has 2 spiro atoms. The van der Waals surface area contributed by atoms with Crippen LogP contribution < -0.4 is 10.6 Å². The van der Waals surface area contributed by atoms with Crippen molar-refractivity contribution in [2.45, 2.75) is 29.8 Å². The summed E-state index contributed by atoms with van der Waals surface area (Å²) >= 11 is 10.0. The molecular weight excluding hydrogens is 542 g/mol. The lowest BCUT2D eigenvalue weighted by molar-refractivity contribution is -0.137. The standard InChI is InChI=1S/C28H21BrClN3O3/c29-16-12-10-15(11-13-16)24(34)22-21-9-4-14-33(21)28(18-6-3-7-19(30)23(18)32-26(28)36)27(22)17-5-1-2-8-20(17)31-25(27)35/h1-3,5-8,10-13,21-22H,4,9,14H2,(H,31,35)(H,32,36)/t21-,22-,27+,28-/m0/s1. The number of para-hydroxylation sites is 2. The van der Waals surface area contributed by atoms with Crippen molar-refractivity contribution in [3.63, 3.8) is 0 Å².